The highest BCUT2D eigenvalue weighted by Gasteiger charge is 2.03. The zero-order valence-electron chi connectivity index (χ0n) is 6.62. The SMILES string of the molecule is CCc1cc(C)c(Cl)c(F)c1. The predicted molar refractivity (Wildman–Crippen MR) is 45.5 cm³/mol. The summed E-state index contributed by atoms with van der Waals surface area (Å²) in [6.45, 7) is 3.80. The number of rotatable bonds is 1. The Morgan fingerprint density at radius 3 is 2.55 bits per heavy atom. The van der Waals surface area contributed by atoms with Crippen LogP contribution in [0, 0.1) is 12.7 Å². The quantitative estimate of drug-likeness (QED) is 0.610. The van der Waals surface area contributed by atoms with E-state index in [1.54, 1.807) is 0 Å². The van der Waals surface area contributed by atoms with Gasteiger partial charge in [0.1, 0.15) is 5.82 Å². The lowest BCUT2D eigenvalue weighted by molar-refractivity contribution is 0.625. The molecule has 1 aromatic carbocycles. The van der Waals surface area contributed by atoms with Crippen molar-refractivity contribution in [3.05, 3.63) is 34.1 Å². The standard InChI is InChI=1S/C9H10ClF/c1-3-7-4-6(2)9(10)8(11)5-7/h4-5H,3H2,1-2H3. The number of aryl methyl sites for hydroxylation is 2. The second kappa shape index (κ2) is 3.22. The van der Waals surface area contributed by atoms with Crippen LogP contribution in [0.4, 0.5) is 4.39 Å². The lowest BCUT2D eigenvalue weighted by atomic mass is 10.1. The summed E-state index contributed by atoms with van der Waals surface area (Å²) in [7, 11) is 0. The van der Waals surface area contributed by atoms with Gasteiger partial charge in [0.25, 0.3) is 0 Å². The predicted octanol–water partition coefficient (Wildman–Crippen LogP) is 3.35. The molecule has 1 aromatic rings. The van der Waals surface area contributed by atoms with Crippen molar-refractivity contribution >= 4 is 11.6 Å². The zero-order valence-corrected chi connectivity index (χ0v) is 7.37. The molecule has 0 saturated heterocycles. The summed E-state index contributed by atoms with van der Waals surface area (Å²) in [6.07, 6.45) is 0.842. The summed E-state index contributed by atoms with van der Waals surface area (Å²) in [4.78, 5) is 0. The second-order valence-corrected chi connectivity index (χ2v) is 2.94. The topological polar surface area (TPSA) is 0 Å². The number of halogens is 2. The Labute approximate surface area is 71.0 Å². The lowest BCUT2D eigenvalue weighted by Crippen LogP contribution is -1.87. The molecule has 1 rings (SSSR count). The molecular weight excluding hydrogens is 163 g/mol. The maximum absolute atomic E-state index is 12.9. The average Bonchev–Trinajstić information content (AvgIpc) is 1.99. The molecule has 2 heteroatoms. The Balaban J connectivity index is 3.21. The van der Waals surface area contributed by atoms with Gasteiger partial charge in [0.15, 0.2) is 0 Å². The van der Waals surface area contributed by atoms with E-state index in [4.69, 9.17) is 11.6 Å². The van der Waals surface area contributed by atoms with E-state index in [9.17, 15) is 4.39 Å². The summed E-state index contributed by atoms with van der Waals surface area (Å²) in [6, 6.07) is 3.39. The Kier molecular flexibility index (Phi) is 2.50. The Morgan fingerprint density at radius 1 is 1.45 bits per heavy atom. The molecule has 0 aromatic heterocycles. The maximum Gasteiger partial charge on any atom is 0.142 e. The van der Waals surface area contributed by atoms with Crippen LogP contribution >= 0.6 is 11.6 Å². The van der Waals surface area contributed by atoms with E-state index in [1.807, 2.05) is 19.9 Å². The maximum atomic E-state index is 12.9. The van der Waals surface area contributed by atoms with Crippen LogP contribution in [0.3, 0.4) is 0 Å². The van der Waals surface area contributed by atoms with Gasteiger partial charge in [0, 0.05) is 0 Å². The van der Waals surface area contributed by atoms with Crippen LogP contribution in [-0.2, 0) is 6.42 Å². The number of hydrogen-bond acceptors (Lipinski definition) is 0. The van der Waals surface area contributed by atoms with E-state index >= 15 is 0 Å². The van der Waals surface area contributed by atoms with E-state index in [-0.39, 0.29) is 10.8 Å². The molecule has 0 unspecified atom stereocenters. The molecule has 0 amide bonds. The van der Waals surface area contributed by atoms with Crippen molar-refractivity contribution in [1.29, 1.82) is 0 Å². The van der Waals surface area contributed by atoms with Gasteiger partial charge in [-0.3, -0.25) is 0 Å². The van der Waals surface area contributed by atoms with Gasteiger partial charge in [0.2, 0.25) is 0 Å². The van der Waals surface area contributed by atoms with E-state index in [1.165, 1.54) is 6.07 Å². The molecule has 60 valence electrons. The highest BCUT2D eigenvalue weighted by molar-refractivity contribution is 6.31. The fourth-order valence-electron chi connectivity index (χ4n) is 1.00. The van der Waals surface area contributed by atoms with E-state index in [0.717, 1.165) is 17.5 Å². The molecule has 0 atom stereocenters. The average molecular weight is 173 g/mol. The van der Waals surface area contributed by atoms with Crippen LogP contribution in [0.2, 0.25) is 5.02 Å². The minimum Gasteiger partial charge on any atom is -0.205 e. The molecule has 0 nitrogen and oxygen atoms in total. The molecule has 0 aliphatic carbocycles. The van der Waals surface area contributed by atoms with Crippen molar-refractivity contribution in [1.82, 2.24) is 0 Å². The van der Waals surface area contributed by atoms with Gasteiger partial charge in [-0.05, 0) is 30.5 Å². The summed E-state index contributed by atoms with van der Waals surface area (Å²) in [5, 5.41) is 0.238. The molecule has 0 spiro atoms. The Bertz CT molecular complexity index is 245. The van der Waals surface area contributed by atoms with Gasteiger partial charge in [0.05, 0.1) is 5.02 Å². The Hall–Kier alpha value is -0.560. The summed E-state index contributed by atoms with van der Waals surface area (Å²) < 4.78 is 12.9. The summed E-state index contributed by atoms with van der Waals surface area (Å²) in [5.41, 5.74) is 1.80. The zero-order chi connectivity index (χ0) is 8.43. The molecular formula is C9H10ClF. The first-order chi connectivity index (χ1) is 5.15. The van der Waals surface area contributed by atoms with Crippen molar-refractivity contribution in [3.63, 3.8) is 0 Å². The smallest absolute Gasteiger partial charge is 0.142 e. The third-order valence-corrected chi connectivity index (χ3v) is 2.16. The van der Waals surface area contributed by atoms with Crippen LogP contribution < -0.4 is 0 Å². The number of hydrogen-bond donors (Lipinski definition) is 0. The summed E-state index contributed by atoms with van der Waals surface area (Å²) in [5.74, 6) is -0.316. The lowest BCUT2D eigenvalue weighted by Gasteiger charge is -2.02. The minimum atomic E-state index is -0.316. The third kappa shape index (κ3) is 1.72. The molecule has 0 aliphatic heterocycles. The molecule has 11 heavy (non-hydrogen) atoms. The normalized spacial score (nSPS) is 10.2. The highest BCUT2D eigenvalue weighted by atomic mass is 35.5. The van der Waals surface area contributed by atoms with Crippen molar-refractivity contribution < 1.29 is 4.39 Å². The molecule has 0 aliphatic rings. The monoisotopic (exact) mass is 172 g/mol. The minimum absolute atomic E-state index is 0.238. The fourth-order valence-corrected chi connectivity index (χ4v) is 1.11. The molecule has 0 saturated carbocycles. The molecule has 0 radical (unpaired) electrons. The van der Waals surface area contributed by atoms with Crippen molar-refractivity contribution in [2.24, 2.45) is 0 Å². The van der Waals surface area contributed by atoms with Gasteiger partial charge < -0.3 is 0 Å². The molecule has 0 fully saturated rings. The third-order valence-electron chi connectivity index (χ3n) is 1.68. The molecule has 0 bridgehead atoms. The van der Waals surface area contributed by atoms with Crippen molar-refractivity contribution in [3.8, 4) is 0 Å². The van der Waals surface area contributed by atoms with E-state index in [2.05, 4.69) is 0 Å². The molecule has 0 N–H and O–H groups in total. The largest absolute Gasteiger partial charge is 0.205 e. The van der Waals surface area contributed by atoms with Gasteiger partial charge >= 0.3 is 0 Å². The van der Waals surface area contributed by atoms with Gasteiger partial charge in [-0.2, -0.15) is 0 Å². The van der Waals surface area contributed by atoms with E-state index in [0.29, 0.717) is 0 Å². The van der Waals surface area contributed by atoms with E-state index < -0.39 is 0 Å². The van der Waals surface area contributed by atoms with Crippen LogP contribution in [0.25, 0.3) is 0 Å². The number of benzene rings is 1. The Morgan fingerprint density at radius 2 is 2.09 bits per heavy atom. The van der Waals surface area contributed by atoms with Gasteiger partial charge in [-0.25, -0.2) is 4.39 Å². The van der Waals surface area contributed by atoms with Crippen LogP contribution in [0.15, 0.2) is 12.1 Å². The first-order valence-electron chi connectivity index (χ1n) is 3.59. The van der Waals surface area contributed by atoms with Crippen molar-refractivity contribution in [2.45, 2.75) is 20.3 Å². The molecule has 0 heterocycles. The van der Waals surface area contributed by atoms with Gasteiger partial charge in [-0.15, -0.1) is 0 Å². The fraction of sp³-hybridized carbons (Fsp3) is 0.333. The second-order valence-electron chi connectivity index (χ2n) is 2.56. The first-order valence-corrected chi connectivity index (χ1v) is 3.97. The van der Waals surface area contributed by atoms with Crippen LogP contribution in [0.1, 0.15) is 18.1 Å². The van der Waals surface area contributed by atoms with Gasteiger partial charge in [-0.1, -0.05) is 24.6 Å². The highest BCUT2D eigenvalue weighted by Crippen LogP contribution is 2.21. The first kappa shape index (κ1) is 8.54. The summed E-state index contributed by atoms with van der Waals surface area (Å²) >= 11 is 5.63. The van der Waals surface area contributed by atoms with Crippen molar-refractivity contribution in [2.75, 3.05) is 0 Å². The van der Waals surface area contributed by atoms with Crippen LogP contribution in [0.5, 0.6) is 0 Å². The van der Waals surface area contributed by atoms with Crippen LogP contribution in [-0.4, -0.2) is 0 Å².